The number of rotatable bonds is 7. The van der Waals surface area contributed by atoms with Crippen LogP contribution in [0.25, 0.3) is 0 Å². The quantitative estimate of drug-likeness (QED) is 0.568. The van der Waals surface area contributed by atoms with E-state index in [1.807, 2.05) is 43.3 Å². The van der Waals surface area contributed by atoms with Crippen LogP contribution in [0.5, 0.6) is 5.75 Å². The van der Waals surface area contributed by atoms with E-state index in [-0.39, 0.29) is 13.2 Å². The van der Waals surface area contributed by atoms with Gasteiger partial charge in [0, 0.05) is 31.8 Å². The molecule has 168 valence electrons. The standard InChI is InChI=1S/C23H25ClN4O4/c1-15-5-3-6-18(13-15)32-22-25-20-19(28(22)14-16-7-9-17(24)10-8-16)21(30)27(11-4-12-29)23(31)26(20)2/h3,5-10,13,22,25,29H,4,11-12,14H2,1-2H3. The molecular weight excluding hydrogens is 432 g/mol. The molecule has 8 nitrogen and oxygen atoms in total. The molecule has 0 bridgehead atoms. The SMILES string of the molecule is Cc1cccc(OC2Nc3c(c(=O)n(CCCO)c(=O)n3C)N2Cc2ccc(Cl)cc2)c1. The zero-order valence-corrected chi connectivity index (χ0v) is 18.7. The molecular formula is C23H25ClN4O4. The molecule has 2 N–H and O–H groups in total. The highest BCUT2D eigenvalue weighted by molar-refractivity contribution is 6.30. The first kappa shape index (κ1) is 22.0. The molecule has 0 radical (unpaired) electrons. The highest BCUT2D eigenvalue weighted by Gasteiger charge is 2.36. The van der Waals surface area contributed by atoms with Crippen molar-refractivity contribution in [2.24, 2.45) is 7.05 Å². The average molecular weight is 457 g/mol. The summed E-state index contributed by atoms with van der Waals surface area (Å²) in [5.74, 6) is 1.04. The van der Waals surface area contributed by atoms with Crippen LogP contribution in [0, 0.1) is 6.92 Å². The highest BCUT2D eigenvalue weighted by atomic mass is 35.5. The average Bonchev–Trinajstić information content (AvgIpc) is 3.12. The van der Waals surface area contributed by atoms with Gasteiger partial charge in [-0.3, -0.25) is 13.9 Å². The van der Waals surface area contributed by atoms with E-state index in [2.05, 4.69) is 5.32 Å². The summed E-state index contributed by atoms with van der Waals surface area (Å²) in [5, 5.41) is 13.0. The van der Waals surface area contributed by atoms with E-state index in [1.54, 1.807) is 24.1 Å². The Morgan fingerprint density at radius 2 is 1.91 bits per heavy atom. The Balaban J connectivity index is 1.79. The van der Waals surface area contributed by atoms with E-state index in [1.165, 1.54) is 4.57 Å². The normalized spacial score (nSPS) is 14.9. The largest absolute Gasteiger partial charge is 0.452 e. The summed E-state index contributed by atoms with van der Waals surface area (Å²) in [5.41, 5.74) is 1.45. The lowest BCUT2D eigenvalue weighted by molar-refractivity contribution is 0.227. The number of aromatic nitrogens is 2. The number of hydrogen-bond acceptors (Lipinski definition) is 6. The highest BCUT2D eigenvalue weighted by Crippen LogP contribution is 2.33. The van der Waals surface area contributed by atoms with Crippen LogP contribution in [0.2, 0.25) is 5.02 Å². The fourth-order valence-electron chi connectivity index (χ4n) is 3.77. The number of nitrogens with one attached hydrogen (secondary N) is 1. The summed E-state index contributed by atoms with van der Waals surface area (Å²) in [6.07, 6.45) is -0.392. The lowest BCUT2D eigenvalue weighted by Gasteiger charge is -2.26. The van der Waals surface area contributed by atoms with Gasteiger partial charge < -0.3 is 20.1 Å². The Bertz CT molecular complexity index is 1240. The number of halogens is 1. The van der Waals surface area contributed by atoms with Crippen LogP contribution in [0.1, 0.15) is 17.5 Å². The van der Waals surface area contributed by atoms with Crippen LogP contribution in [0.3, 0.4) is 0 Å². The third kappa shape index (κ3) is 4.24. The second-order valence-corrected chi connectivity index (χ2v) is 8.19. The summed E-state index contributed by atoms with van der Waals surface area (Å²) < 4.78 is 8.76. The number of benzene rings is 2. The maximum atomic E-state index is 13.4. The third-order valence-electron chi connectivity index (χ3n) is 5.40. The Hall–Kier alpha value is -3.23. The Labute approximate surface area is 190 Å². The van der Waals surface area contributed by atoms with E-state index in [9.17, 15) is 14.7 Å². The van der Waals surface area contributed by atoms with Crippen molar-refractivity contribution in [2.75, 3.05) is 16.8 Å². The number of hydrogen-bond donors (Lipinski definition) is 2. The van der Waals surface area contributed by atoms with Crippen molar-refractivity contribution >= 4 is 23.1 Å². The molecule has 32 heavy (non-hydrogen) atoms. The molecule has 1 atom stereocenters. The van der Waals surface area contributed by atoms with E-state index < -0.39 is 17.6 Å². The fourth-order valence-corrected chi connectivity index (χ4v) is 3.90. The molecule has 0 fully saturated rings. The van der Waals surface area contributed by atoms with Gasteiger partial charge in [-0.15, -0.1) is 0 Å². The van der Waals surface area contributed by atoms with Crippen LogP contribution >= 0.6 is 11.6 Å². The van der Waals surface area contributed by atoms with Crippen LogP contribution in [0.15, 0.2) is 58.1 Å². The molecule has 1 unspecified atom stereocenters. The summed E-state index contributed by atoms with van der Waals surface area (Å²) in [4.78, 5) is 28.0. The smallest absolute Gasteiger partial charge is 0.332 e. The first-order valence-electron chi connectivity index (χ1n) is 10.3. The van der Waals surface area contributed by atoms with Gasteiger partial charge in [0.1, 0.15) is 17.3 Å². The number of aliphatic hydroxyl groups excluding tert-OH is 1. The fraction of sp³-hybridized carbons (Fsp3) is 0.304. The minimum absolute atomic E-state index is 0.113. The molecule has 0 saturated carbocycles. The summed E-state index contributed by atoms with van der Waals surface area (Å²) >= 11 is 6.03. The summed E-state index contributed by atoms with van der Waals surface area (Å²) in [6.45, 7) is 2.35. The van der Waals surface area contributed by atoms with Crippen molar-refractivity contribution < 1.29 is 9.84 Å². The van der Waals surface area contributed by atoms with Gasteiger partial charge >= 0.3 is 5.69 Å². The molecule has 4 rings (SSSR count). The molecule has 0 spiro atoms. The number of aryl methyl sites for hydroxylation is 1. The van der Waals surface area contributed by atoms with Crippen molar-refractivity contribution in [3.05, 3.63) is 85.5 Å². The number of aliphatic hydroxyl groups is 1. The van der Waals surface area contributed by atoms with E-state index in [0.29, 0.717) is 35.2 Å². The van der Waals surface area contributed by atoms with Crippen molar-refractivity contribution in [1.82, 2.24) is 9.13 Å². The predicted molar refractivity (Wildman–Crippen MR) is 124 cm³/mol. The molecule has 1 aromatic heterocycles. The van der Waals surface area contributed by atoms with Crippen LogP contribution in [-0.2, 0) is 20.1 Å². The maximum Gasteiger partial charge on any atom is 0.332 e. The monoisotopic (exact) mass is 456 g/mol. The van der Waals surface area contributed by atoms with E-state index in [4.69, 9.17) is 16.3 Å². The van der Waals surface area contributed by atoms with Crippen molar-refractivity contribution in [1.29, 1.82) is 0 Å². The number of nitrogens with zero attached hydrogens (tertiary/aromatic N) is 3. The summed E-state index contributed by atoms with van der Waals surface area (Å²) in [6, 6.07) is 15.0. The zero-order valence-electron chi connectivity index (χ0n) is 17.9. The van der Waals surface area contributed by atoms with E-state index >= 15 is 0 Å². The van der Waals surface area contributed by atoms with Crippen molar-refractivity contribution in [3.8, 4) is 5.75 Å². The minimum atomic E-state index is -0.700. The minimum Gasteiger partial charge on any atom is -0.452 e. The third-order valence-corrected chi connectivity index (χ3v) is 5.65. The van der Waals surface area contributed by atoms with Crippen LogP contribution in [0.4, 0.5) is 11.5 Å². The molecule has 1 aliphatic rings. The number of anilines is 2. The van der Waals surface area contributed by atoms with Gasteiger partial charge in [-0.05, 0) is 48.7 Å². The summed E-state index contributed by atoms with van der Waals surface area (Å²) in [7, 11) is 1.61. The predicted octanol–water partition coefficient (Wildman–Crippen LogP) is 2.69. The van der Waals surface area contributed by atoms with Gasteiger partial charge in [-0.25, -0.2) is 4.79 Å². The zero-order chi connectivity index (χ0) is 22.8. The molecule has 2 heterocycles. The van der Waals surface area contributed by atoms with Gasteiger partial charge in [0.25, 0.3) is 11.9 Å². The van der Waals surface area contributed by atoms with Crippen molar-refractivity contribution in [2.45, 2.75) is 32.8 Å². The molecule has 0 amide bonds. The molecule has 0 aliphatic carbocycles. The van der Waals surface area contributed by atoms with Gasteiger partial charge in [-0.1, -0.05) is 35.9 Å². The van der Waals surface area contributed by atoms with E-state index in [0.717, 1.165) is 15.7 Å². The molecule has 2 aromatic carbocycles. The molecule has 3 aromatic rings. The Kier molecular flexibility index (Phi) is 6.25. The van der Waals surface area contributed by atoms with Crippen molar-refractivity contribution in [3.63, 3.8) is 0 Å². The Morgan fingerprint density at radius 3 is 2.59 bits per heavy atom. The molecule has 1 aliphatic heterocycles. The number of fused-ring (bicyclic) bond motifs is 1. The van der Waals surface area contributed by atoms with Gasteiger partial charge in [0.15, 0.2) is 0 Å². The second kappa shape index (κ2) is 9.10. The molecule has 0 saturated heterocycles. The first-order valence-corrected chi connectivity index (χ1v) is 10.7. The van der Waals surface area contributed by atoms with Gasteiger partial charge in [0.2, 0.25) is 0 Å². The lowest BCUT2D eigenvalue weighted by atomic mass is 10.2. The lowest BCUT2D eigenvalue weighted by Crippen LogP contribution is -2.43. The van der Waals surface area contributed by atoms with Gasteiger partial charge in [0.05, 0.1) is 0 Å². The van der Waals surface area contributed by atoms with Gasteiger partial charge in [-0.2, -0.15) is 0 Å². The molecule has 9 heteroatoms. The van der Waals surface area contributed by atoms with Crippen LogP contribution in [-0.4, -0.2) is 27.2 Å². The first-order chi connectivity index (χ1) is 15.4. The Morgan fingerprint density at radius 1 is 1.16 bits per heavy atom. The van der Waals surface area contributed by atoms with Crippen LogP contribution < -0.4 is 26.2 Å². The number of ether oxygens (including phenoxy) is 1. The second-order valence-electron chi connectivity index (χ2n) is 7.76. The topological polar surface area (TPSA) is 88.7 Å². The maximum absolute atomic E-state index is 13.4.